The summed E-state index contributed by atoms with van der Waals surface area (Å²) in [5, 5.41) is 22.1. The minimum Gasteiger partial charge on any atom is -0.503 e. The summed E-state index contributed by atoms with van der Waals surface area (Å²) in [4.78, 5) is 12.5. The van der Waals surface area contributed by atoms with Gasteiger partial charge in [-0.15, -0.1) is 0 Å². The van der Waals surface area contributed by atoms with Gasteiger partial charge in [-0.1, -0.05) is 17.7 Å². The fourth-order valence-corrected chi connectivity index (χ4v) is 3.17. The van der Waals surface area contributed by atoms with E-state index in [-0.39, 0.29) is 17.1 Å². The van der Waals surface area contributed by atoms with Gasteiger partial charge in [0.25, 0.3) is 5.91 Å². The first-order valence-corrected chi connectivity index (χ1v) is 8.63. The molecule has 1 amide bonds. The van der Waals surface area contributed by atoms with E-state index in [1.165, 1.54) is 13.2 Å². The average molecular weight is 415 g/mol. The lowest BCUT2D eigenvalue weighted by atomic mass is 10.0. The van der Waals surface area contributed by atoms with Gasteiger partial charge >= 0.3 is 0 Å². The molecule has 0 unspecified atom stereocenters. The van der Waals surface area contributed by atoms with Crippen LogP contribution in [0.2, 0.25) is 0 Å². The maximum absolute atomic E-state index is 12.5. The third-order valence-electron chi connectivity index (χ3n) is 3.86. The monoisotopic (exact) mass is 414 g/mol. The molecule has 0 atom stereocenters. The molecule has 0 fully saturated rings. The Kier molecular flexibility index (Phi) is 6.06. The Labute approximate surface area is 161 Å². The summed E-state index contributed by atoms with van der Waals surface area (Å²) in [5.74, 6) is -0.294. The molecule has 0 saturated carbocycles. The van der Waals surface area contributed by atoms with Crippen LogP contribution in [0.4, 0.5) is 5.69 Å². The number of hydrogen-bond acceptors (Lipinski definition) is 4. The zero-order valence-electron chi connectivity index (χ0n) is 15.0. The fourth-order valence-electron chi connectivity index (χ4n) is 2.71. The number of nitrogens with one attached hydrogen (secondary N) is 1. The average Bonchev–Trinajstić information content (AvgIpc) is 2.58. The summed E-state index contributed by atoms with van der Waals surface area (Å²) in [6, 6.07) is 9.02. The second-order valence-corrected chi connectivity index (χ2v) is 6.81. The third kappa shape index (κ3) is 4.24. The van der Waals surface area contributed by atoms with E-state index in [4.69, 9.17) is 4.74 Å². The number of ether oxygens (including phenoxy) is 1. The molecule has 0 bridgehead atoms. The first-order valence-electron chi connectivity index (χ1n) is 7.84. The Hall–Kier alpha value is -2.78. The van der Waals surface area contributed by atoms with Crippen LogP contribution in [-0.4, -0.2) is 18.1 Å². The van der Waals surface area contributed by atoms with E-state index in [0.29, 0.717) is 15.7 Å². The first kappa shape index (κ1) is 19.5. The van der Waals surface area contributed by atoms with E-state index in [1.54, 1.807) is 12.1 Å². The molecule has 0 aromatic heterocycles. The van der Waals surface area contributed by atoms with Gasteiger partial charge in [-0.2, -0.15) is 5.26 Å². The quantitative estimate of drug-likeness (QED) is 0.563. The smallest absolute Gasteiger partial charge is 0.266 e. The highest BCUT2D eigenvalue weighted by Crippen LogP contribution is 2.35. The number of nitriles is 1. The number of aryl methyl sites for hydroxylation is 3. The minimum absolute atomic E-state index is 0.0430. The Morgan fingerprint density at radius 1 is 1.23 bits per heavy atom. The molecule has 26 heavy (non-hydrogen) atoms. The van der Waals surface area contributed by atoms with Gasteiger partial charge in [0.1, 0.15) is 11.6 Å². The number of carbonyl (C=O) groups is 1. The summed E-state index contributed by atoms with van der Waals surface area (Å²) < 4.78 is 5.50. The Morgan fingerprint density at radius 3 is 2.38 bits per heavy atom. The second kappa shape index (κ2) is 8.07. The lowest BCUT2D eigenvalue weighted by Gasteiger charge is -2.12. The number of benzene rings is 2. The number of hydrogen-bond donors (Lipinski definition) is 2. The van der Waals surface area contributed by atoms with Gasteiger partial charge in [-0.05, 0) is 71.6 Å². The topological polar surface area (TPSA) is 82.3 Å². The van der Waals surface area contributed by atoms with Crippen LogP contribution in [0.25, 0.3) is 6.08 Å². The predicted octanol–water partition coefficient (Wildman–Crippen LogP) is 4.63. The van der Waals surface area contributed by atoms with E-state index in [0.717, 1.165) is 16.7 Å². The number of amides is 1. The SMILES string of the molecule is COc1cc(C=C(C#N)C(=O)Nc2c(C)cc(C)cc2C)cc(Br)c1O. The molecular weight excluding hydrogens is 396 g/mol. The van der Waals surface area contributed by atoms with Gasteiger partial charge in [-0.25, -0.2) is 0 Å². The summed E-state index contributed by atoms with van der Waals surface area (Å²) in [6.07, 6.45) is 1.45. The number of halogens is 1. The number of rotatable bonds is 4. The molecular formula is C20H19BrN2O3. The Balaban J connectivity index is 2.37. The summed E-state index contributed by atoms with van der Waals surface area (Å²) in [6.45, 7) is 5.81. The van der Waals surface area contributed by atoms with Crippen molar-refractivity contribution in [1.29, 1.82) is 5.26 Å². The predicted molar refractivity (Wildman–Crippen MR) is 105 cm³/mol. The van der Waals surface area contributed by atoms with E-state index in [1.807, 2.05) is 39.0 Å². The van der Waals surface area contributed by atoms with Gasteiger partial charge < -0.3 is 15.2 Å². The van der Waals surface area contributed by atoms with E-state index >= 15 is 0 Å². The van der Waals surface area contributed by atoms with Gasteiger partial charge in [0.05, 0.1) is 11.6 Å². The van der Waals surface area contributed by atoms with Gasteiger partial charge in [-0.3, -0.25) is 4.79 Å². The van der Waals surface area contributed by atoms with Gasteiger partial charge in [0, 0.05) is 5.69 Å². The van der Waals surface area contributed by atoms with Crippen LogP contribution in [0.1, 0.15) is 22.3 Å². The van der Waals surface area contributed by atoms with Crippen molar-refractivity contribution in [2.45, 2.75) is 20.8 Å². The molecule has 0 aliphatic rings. The maximum Gasteiger partial charge on any atom is 0.266 e. The summed E-state index contributed by atoms with van der Waals surface area (Å²) in [7, 11) is 1.43. The fraction of sp³-hybridized carbons (Fsp3) is 0.200. The summed E-state index contributed by atoms with van der Waals surface area (Å²) in [5.41, 5.74) is 4.17. The molecule has 2 aromatic carbocycles. The number of phenolic OH excluding ortho intramolecular Hbond substituents is 1. The van der Waals surface area contributed by atoms with Crippen LogP contribution in [0.15, 0.2) is 34.3 Å². The Morgan fingerprint density at radius 2 is 1.85 bits per heavy atom. The molecule has 134 valence electrons. The normalized spacial score (nSPS) is 11.0. The highest BCUT2D eigenvalue weighted by molar-refractivity contribution is 9.10. The molecule has 6 heteroatoms. The van der Waals surface area contributed by atoms with Crippen molar-refractivity contribution in [2.24, 2.45) is 0 Å². The van der Waals surface area contributed by atoms with Crippen molar-refractivity contribution in [3.05, 3.63) is 56.6 Å². The van der Waals surface area contributed by atoms with Crippen molar-refractivity contribution >= 4 is 33.6 Å². The Bertz CT molecular complexity index is 920. The van der Waals surface area contributed by atoms with Crippen LogP contribution >= 0.6 is 15.9 Å². The lowest BCUT2D eigenvalue weighted by Crippen LogP contribution is -2.15. The second-order valence-electron chi connectivity index (χ2n) is 5.95. The van der Waals surface area contributed by atoms with Crippen molar-refractivity contribution in [1.82, 2.24) is 0 Å². The molecule has 2 rings (SSSR count). The number of phenols is 1. The number of anilines is 1. The molecule has 0 aliphatic carbocycles. The zero-order chi connectivity index (χ0) is 19.4. The highest BCUT2D eigenvalue weighted by Gasteiger charge is 2.14. The number of nitrogens with zero attached hydrogens (tertiary/aromatic N) is 1. The molecule has 0 aliphatic heterocycles. The number of methoxy groups -OCH3 is 1. The standard InChI is InChI=1S/C20H19BrN2O3/c1-11-5-12(2)18(13(3)6-11)23-20(25)15(10-22)7-14-8-16(21)19(24)17(9-14)26-4/h5-9,24H,1-4H3,(H,23,25). The van der Waals surface area contributed by atoms with Gasteiger partial charge in [0.2, 0.25) is 0 Å². The van der Waals surface area contributed by atoms with Gasteiger partial charge in [0.15, 0.2) is 11.5 Å². The van der Waals surface area contributed by atoms with Crippen molar-refractivity contribution in [3.8, 4) is 17.6 Å². The summed E-state index contributed by atoms with van der Waals surface area (Å²) >= 11 is 3.22. The molecule has 0 heterocycles. The molecule has 2 aromatic rings. The zero-order valence-corrected chi connectivity index (χ0v) is 16.6. The largest absolute Gasteiger partial charge is 0.503 e. The molecule has 5 nitrogen and oxygen atoms in total. The molecule has 0 saturated heterocycles. The van der Waals surface area contributed by atoms with E-state index < -0.39 is 5.91 Å². The minimum atomic E-state index is -0.495. The van der Waals surface area contributed by atoms with Crippen LogP contribution < -0.4 is 10.1 Å². The van der Waals surface area contributed by atoms with Crippen molar-refractivity contribution in [3.63, 3.8) is 0 Å². The highest BCUT2D eigenvalue weighted by atomic mass is 79.9. The van der Waals surface area contributed by atoms with E-state index in [2.05, 4.69) is 21.2 Å². The van der Waals surface area contributed by atoms with Crippen molar-refractivity contribution < 1.29 is 14.6 Å². The molecule has 0 radical (unpaired) electrons. The third-order valence-corrected chi connectivity index (χ3v) is 4.47. The number of carbonyl (C=O) groups excluding carboxylic acids is 1. The van der Waals surface area contributed by atoms with Crippen molar-refractivity contribution in [2.75, 3.05) is 12.4 Å². The van der Waals surface area contributed by atoms with Crippen LogP contribution in [0.3, 0.4) is 0 Å². The molecule has 0 spiro atoms. The van der Waals surface area contributed by atoms with Crippen LogP contribution in [0.5, 0.6) is 11.5 Å². The molecule has 2 N–H and O–H groups in total. The first-order chi connectivity index (χ1) is 12.3. The number of aromatic hydroxyl groups is 1. The maximum atomic E-state index is 12.5. The van der Waals surface area contributed by atoms with E-state index in [9.17, 15) is 15.2 Å². The van der Waals surface area contributed by atoms with Crippen LogP contribution in [-0.2, 0) is 4.79 Å². The lowest BCUT2D eigenvalue weighted by molar-refractivity contribution is -0.112. The van der Waals surface area contributed by atoms with Crippen LogP contribution in [0, 0.1) is 32.1 Å².